The van der Waals surface area contributed by atoms with E-state index in [2.05, 4.69) is 37.8 Å². The molecule has 2 nitrogen and oxygen atoms in total. The molecule has 1 aromatic carbocycles. The third kappa shape index (κ3) is 3.25. The average molecular weight is 269 g/mol. The molecule has 2 rings (SSSR count). The van der Waals surface area contributed by atoms with E-state index in [-0.39, 0.29) is 12.4 Å². The maximum atomic E-state index is 5.84. The van der Waals surface area contributed by atoms with Crippen LogP contribution >= 0.6 is 12.4 Å². The number of hydrogen-bond donors (Lipinski definition) is 1. The first-order valence-electron chi connectivity index (χ1n) is 6.62. The number of benzene rings is 1. The second-order valence-electron chi connectivity index (χ2n) is 5.38. The predicted molar refractivity (Wildman–Crippen MR) is 80.4 cm³/mol. The van der Waals surface area contributed by atoms with Crippen molar-refractivity contribution in [1.29, 1.82) is 0 Å². The Labute approximate surface area is 117 Å². The van der Waals surface area contributed by atoms with Gasteiger partial charge >= 0.3 is 0 Å². The molecule has 3 heteroatoms. The lowest BCUT2D eigenvalue weighted by Crippen LogP contribution is -2.35. The Kier molecular flexibility index (Phi) is 5.64. The quantitative estimate of drug-likeness (QED) is 0.913. The van der Waals surface area contributed by atoms with Crippen molar-refractivity contribution in [2.45, 2.75) is 46.2 Å². The van der Waals surface area contributed by atoms with Crippen molar-refractivity contribution >= 4 is 12.4 Å². The second-order valence-corrected chi connectivity index (χ2v) is 5.38. The van der Waals surface area contributed by atoms with Crippen LogP contribution in [0.3, 0.4) is 0 Å². The van der Waals surface area contributed by atoms with Gasteiger partial charge in [0.15, 0.2) is 0 Å². The van der Waals surface area contributed by atoms with E-state index < -0.39 is 0 Å². The van der Waals surface area contributed by atoms with Crippen LogP contribution in [-0.2, 0) is 6.54 Å². The molecule has 102 valence electrons. The normalized spacial score (nSPS) is 19.9. The largest absolute Gasteiger partial charge is 0.329 e. The Balaban J connectivity index is 0.00000162. The summed E-state index contributed by atoms with van der Waals surface area (Å²) >= 11 is 0. The van der Waals surface area contributed by atoms with Crippen molar-refractivity contribution in [3.05, 3.63) is 34.4 Å². The van der Waals surface area contributed by atoms with Gasteiger partial charge in [0.25, 0.3) is 0 Å². The lowest BCUT2D eigenvalue weighted by molar-refractivity contribution is 0.249. The molecule has 0 bridgehead atoms. The molecule has 18 heavy (non-hydrogen) atoms. The second kappa shape index (κ2) is 6.55. The summed E-state index contributed by atoms with van der Waals surface area (Å²) in [7, 11) is 0. The van der Waals surface area contributed by atoms with Gasteiger partial charge in [0, 0.05) is 19.1 Å². The highest BCUT2D eigenvalue weighted by Crippen LogP contribution is 2.23. The van der Waals surface area contributed by atoms with E-state index in [0.29, 0.717) is 6.04 Å². The van der Waals surface area contributed by atoms with Gasteiger partial charge in [0.05, 0.1) is 0 Å². The molecule has 0 saturated carbocycles. The van der Waals surface area contributed by atoms with E-state index in [4.69, 9.17) is 5.73 Å². The van der Waals surface area contributed by atoms with Crippen LogP contribution in [-0.4, -0.2) is 24.0 Å². The van der Waals surface area contributed by atoms with E-state index in [1.165, 1.54) is 41.6 Å². The van der Waals surface area contributed by atoms with Gasteiger partial charge in [-0.3, -0.25) is 4.90 Å². The SMILES string of the molecule is Cc1cc(C)c(CN2CCCC2CN)c(C)c1.Cl. The zero-order valence-electron chi connectivity index (χ0n) is 11.7. The molecular formula is C15H25ClN2. The summed E-state index contributed by atoms with van der Waals surface area (Å²) in [5, 5.41) is 0. The Morgan fingerprint density at radius 1 is 1.22 bits per heavy atom. The minimum atomic E-state index is 0. The molecule has 1 atom stereocenters. The van der Waals surface area contributed by atoms with Crippen molar-refractivity contribution in [3.8, 4) is 0 Å². The maximum absolute atomic E-state index is 5.84. The summed E-state index contributed by atoms with van der Waals surface area (Å²) in [6.07, 6.45) is 2.56. The average Bonchev–Trinajstić information content (AvgIpc) is 2.70. The number of halogens is 1. The fourth-order valence-corrected chi connectivity index (χ4v) is 3.03. The van der Waals surface area contributed by atoms with Gasteiger partial charge in [-0.1, -0.05) is 17.7 Å². The molecule has 1 aromatic rings. The molecule has 0 spiro atoms. The topological polar surface area (TPSA) is 29.3 Å². The Hall–Kier alpha value is -0.570. The zero-order chi connectivity index (χ0) is 12.4. The minimum Gasteiger partial charge on any atom is -0.329 e. The van der Waals surface area contributed by atoms with E-state index in [1.54, 1.807) is 0 Å². The molecule has 0 aromatic heterocycles. The third-order valence-electron chi connectivity index (χ3n) is 3.97. The van der Waals surface area contributed by atoms with E-state index in [0.717, 1.165) is 13.1 Å². The van der Waals surface area contributed by atoms with Crippen molar-refractivity contribution in [2.75, 3.05) is 13.1 Å². The van der Waals surface area contributed by atoms with Crippen molar-refractivity contribution in [1.82, 2.24) is 4.90 Å². The third-order valence-corrected chi connectivity index (χ3v) is 3.97. The Morgan fingerprint density at radius 2 is 1.83 bits per heavy atom. The van der Waals surface area contributed by atoms with E-state index in [1.807, 2.05) is 0 Å². The number of aryl methyl sites for hydroxylation is 3. The molecule has 1 fully saturated rings. The van der Waals surface area contributed by atoms with Crippen LogP contribution in [0.5, 0.6) is 0 Å². The zero-order valence-corrected chi connectivity index (χ0v) is 12.5. The Morgan fingerprint density at radius 3 is 2.39 bits per heavy atom. The van der Waals surface area contributed by atoms with Crippen LogP contribution in [0.15, 0.2) is 12.1 Å². The monoisotopic (exact) mass is 268 g/mol. The molecular weight excluding hydrogens is 244 g/mol. The number of rotatable bonds is 3. The molecule has 2 N–H and O–H groups in total. The van der Waals surface area contributed by atoms with Crippen LogP contribution in [0.1, 0.15) is 35.1 Å². The summed E-state index contributed by atoms with van der Waals surface area (Å²) in [5.41, 5.74) is 11.5. The lowest BCUT2D eigenvalue weighted by Gasteiger charge is -2.25. The Bertz CT molecular complexity index is 380. The molecule has 1 unspecified atom stereocenters. The fourth-order valence-electron chi connectivity index (χ4n) is 3.03. The summed E-state index contributed by atoms with van der Waals surface area (Å²) in [4.78, 5) is 2.55. The van der Waals surface area contributed by atoms with Gasteiger partial charge in [-0.2, -0.15) is 0 Å². The van der Waals surface area contributed by atoms with E-state index >= 15 is 0 Å². The van der Waals surface area contributed by atoms with Gasteiger partial charge in [-0.25, -0.2) is 0 Å². The van der Waals surface area contributed by atoms with Crippen LogP contribution < -0.4 is 5.73 Å². The standard InChI is InChI=1S/C15H24N2.ClH/c1-11-7-12(2)15(13(3)8-11)10-17-6-4-5-14(17)9-16;/h7-8,14H,4-6,9-10,16H2,1-3H3;1H. The van der Waals surface area contributed by atoms with Gasteiger partial charge in [0.2, 0.25) is 0 Å². The predicted octanol–water partition coefficient (Wildman–Crippen LogP) is 2.96. The summed E-state index contributed by atoms with van der Waals surface area (Å²) < 4.78 is 0. The molecule has 0 radical (unpaired) electrons. The van der Waals surface area contributed by atoms with Gasteiger partial charge in [-0.05, 0) is 56.8 Å². The number of nitrogens with zero attached hydrogens (tertiary/aromatic N) is 1. The number of nitrogens with two attached hydrogens (primary N) is 1. The molecule has 1 aliphatic heterocycles. The van der Waals surface area contributed by atoms with Gasteiger partial charge in [-0.15, -0.1) is 12.4 Å². The summed E-state index contributed by atoms with van der Waals surface area (Å²) in [6, 6.07) is 5.17. The van der Waals surface area contributed by atoms with Crippen molar-refractivity contribution < 1.29 is 0 Å². The minimum absolute atomic E-state index is 0. The van der Waals surface area contributed by atoms with Crippen LogP contribution in [0, 0.1) is 20.8 Å². The van der Waals surface area contributed by atoms with Crippen molar-refractivity contribution in [2.24, 2.45) is 5.73 Å². The van der Waals surface area contributed by atoms with Crippen LogP contribution in [0.4, 0.5) is 0 Å². The summed E-state index contributed by atoms with van der Waals surface area (Å²) in [5.74, 6) is 0. The van der Waals surface area contributed by atoms with Crippen LogP contribution in [0.25, 0.3) is 0 Å². The number of hydrogen-bond acceptors (Lipinski definition) is 2. The molecule has 1 saturated heterocycles. The first-order valence-corrected chi connectivity index (χ1v) is 6.62. The summed E-state index contributed by atoms with van der Waals surface area (Å²) in [6.45, 7) is 9.69. The fraction of sp³-hybridized carbons (Fsp3) is 0.600. The molecule has 1 heterocycles. The molecule has 0 amide bonds. The highest BCUT2D eigenvalue weighted by molar-refractivity contribution is 5.85. The van der Waals surface area contributed by atoms with Crippen LogP contribution in [0.2, 0.25) is 0 Å². The van der Waals surface area contributed by atoms with Gasteiger partial charge in [0.1, 0.15) is 0 Å². The first kappa shape index (κ1) is 15.5. The first-order chi connectivity index (χ1) is 8.11. The smallest absolute Gasteiger partial charge is 0.0242 e. The number of likely N-dealkylation sites (tertiary alicyclic amines) is 1. The lowest BCUT2D eigenvalue weighted by atomic mass is 9.99. The van der Waals surface area contributed by atoms with E-state index in [9.17, 15) is 0 Å². The maximum Gasteiger partial charge on any atom is 0.0242 e. The highest BCUT2D eigenvalue weighted by atomic mass is 35.5. The van der Waals surface area contributed by atoms with Gasteiger partial charge < -0.3 is 5.73 Å². The highest BCUT2D eigenvalue weighted by Gasteiger charge is 2.23. The molecule has 1 aliphatic rings. The molecule has 0 aliphatic carbocycles. The van der Waals surface area contributed by atoms with Crippen molar-refractivity contribution in [3.63, 3.8) is 0 Å².